The maximum atomic E-state index is 2.37. The Morgan fingerprint density at radius 3 is 1.92 bits per heavy atom. The van der Waals surface area contributed by atoms with E-state index in [1.165, 1.54) is 25.7 Å². The molecule has 0 spiro atoms. The Labute approximate surface area is 85.1 Å². The molecule has 0 saturated carbocycles. The second kappa shape index (κ2) is 5.67. The topological polar surface area (TPSA) is 0 Å². The van der Waals surface area contributed by atoms with Gasteiger partial charge in [-0.1, -0.05) is 48.0 Å². The summed E-state index contributed by atoms with van der Waals surface area (Å²) in [6.45, 7) is 14.0. The van der Waals surface area contributed by atoms with Crippen molar-refractivity contribution < 1.29 is 0 Å². The Morgan fingerprint density at radius 1 is 1.15 bits per heavy atom. The number of hydrogen-bond acceptors (Lipinski definition) is 0. The van der Waals surface area contributed by atoms with Crippen LogP contribution in [0.2, 0.25) is 0 Å². The van der Waals surface area contributed by atoms with Crippen molar-refractivity contribution in [2.45, 2.75) is 67.2 Å². The maximum Gasteiger partial charge on any atom is -0.0210 e. The standard InChI is InChI=1S/C13H27/c1-7-10-13(9-3,11(4)5)12(6)8-2/h11H,7-10H2,1-6H3. The molecule has 0 saturated heterocycles. The maximum absolute atomic E-state index is 2.37. The summed E-state index contributed by atoms with van der Waals surface area (Å²) in [4.78, 5) is 0. The highest BCUT2D eigenvalue weighted by atomic mass is 14.4. The second-order valence-electron chi connectivity index (χ2n) is 4.55. The van der Waals surface area contributed by atoms with Gasteiger partial charge in [0.2, 0.25) is 0 Å². The van der Waals surface area contributed by atoms with E-state index < -0.39 is 0 Å². The van der Waals surface area contributed by atoms with Gasteiger partial charge in [0.1, 0.15) is 0 Å². The third-order valence-electron chi connectivity index (χ3n) is 3.81. The first-order chi connectivity index (χ1) is 6.05. The van der Waals surface area contributed by atoms with Gasteiger partial charge in [-0.3, -0.25) is 0 Å². The van der Waals surface area contributed by atoms with Crippen LogP contribution in [0, 0.1) is 17.3 Å². The Balaban J connectivity index is 4.63. The zero-order chi connectivity index (χ0) is 10.5. The van der Waals surface area contributed by atoms with E-state index in [4.69, 9.17) is 0 Å². The molecule has 0 rings (SSSR count). The van der Waals surface area contributed by atoms with Crippen LogP contribution in [0.25, 0.3) is 0 Å². The quantitative estimate of drug-likeness (QED) is 0.552. The number of rotatable bonds is 6. The minimum absolute atomic E-state index is 0.517. The van der Waals surface area contributed by atoms with Crippen molar-refractivity contribution in [2.75, 3.05) is 0 Å². The molecule has 0 heterocycles. The fraction of sp³-hybridized carbons (Fsp3) is 0.923. The van der Waals surface area contributed by atoms with Gasteiger partial charge in [-0.15, -0.1) is 0 Å². The molecule has 0 aromatic rings. The van der Waals surface area contributed by atoms with Gasteiger partial charge in [0.25, 0.3) is 0 Å². The molecule has 79 valence electrons. The molecule has 1 radical (unpaired) electrons. The Morgan fingerprint density at radius 2 is 1.69 bits per heavy atom. The van der Waals surface area contributed by atoms with Crippen molar-refractivity contribution in [3.8, 4) is 0 Å². The van der Waals surface area contributed by atoms with Crippen LogP contribution in [0.15, 0.2) is 0 Å². The van der Waals surface area contributed by atoms with Gasteiger partial charge in [0, 0.05) is 0 Å². The molecular weight excluding hydrogens is 156 g/mol. The summed E-state index contributed by atoms with van der Waals surface area (Å²) >= 11 is 0. The predicted octanol–water partition coefficient (Wildman–Crippen LogP) is 4.84. The summed E-state index contributed by atoms with van der Waals surface area (Å²) in [5, 5.41) is 0. The average molecular weight is 183 g/mol. The van der Waals surface area contributed by atoms with Gasteiger partial charge in [-0.2, -0.15) is 0 Å². The monoisotopic (exact) mass is 183 g/mol. The molecule has 0 aromatic carbocycles. The highest BCUT2D eigenvalue weighted by Gasteiger charge is 2.35. The van der Waals surface area contributed by atoms with E-state index in [1.54, 1.807) is 5.92 Å². The lowest BCUT2D eigenvalue weighted by Gasteiger charge is -2.42. The smallest absolute Gasteiger partial charge is 0.0210 e. The molecule has 0 N–H and O–H groups in total. The van der Waals surface area contributed by atoms with E-state index in [1.807, 2.05) is 0 Å². The summed E-state index contributed by atoms with van der Waals surface area (Å²) in [6, 6.07) is 0. The Hall–Kier alpha value is 0. The van der Waals surface area contributed by atoms with Gasteiger partial charge in [-0.25, -0.2) is 0 Å². The molecule has 0 aliphatic rings. The number of hydrogen-bond donors (Lipinski definition) is 0. The fourth-order valence-electron chi connectivity index (χ4n) is 2.68. The molecule has 0 aromatic heterocycles. The Bertz CT molecular complexity index is 126. The van der Waals surface area contributed by atoms with Gasteiger partial charge >= 0.3 is 0 Å². The lowest BCUT2D eigenvalue weighted by Crippen LogP contribution is -2.32. The highest BCUT2D eigenvalue weighted by Crippen LogP contribution is 2.45. The van der Waals surface area contributed by atoms with E-state index in [0.717, 1.165) is 5.92 Å². The molecule has 0 bridgehead atoms. The molecular formula is C13H27. The van der Waals surface area contributed by atoms with E-state index in [2.05, 4.69) is 41.5 Å². The summed E-state index contributed by atoms with van der Waals surface area (Å²) in [7, 11) is 0. The largest absolute Gasteiger partial charge is 0.0654 e. The van der Waals surface area contributed by atoms with Crippen molar-refractivity contribution in [3.63, 3.8) is 0 Å². The molecule has 0 heteroatoms. The van der Waals surface area contributed by atoms with Crippen molar-refractivity contribution in [1.82, 2.24) is 0 Å². The van der Waals surface area contributed by atoms with Crippen LogP contribution in [0.5, 0.6) is 0 Å². The van der Waals surface area contributed by atoms with Crippen molar-refractivity contribution in [3.05, 3.63) is 5.92 Å². The molecule has 1 atom stereocenters. The van der Waals surface area contributed by atoms with Gasteiger partial charge in [0.15, 0.2) is 0 Å². The van der Waals surface area contributed by atoms with Crippen molar-refractivity contribution in [1.29, 1.82) is 0 Å². The lowest BCUT2D eigenvalue weighted by atomic mass is 9.63. The van der Waals surface area contributed by atoms with Gasteiger partial charge in [0.05, 0.1) is 0 Å². The molecule has 1 unspecified atom stereocenters. The van der Waals surface area contributed by atoms with Crippen LogP contribution < -0.4 is 0 Å². The van der Waals surface area contributed by atoms with E-state index in [9.17, 15) is 0 Å². The van der Waals surface area contributed by atoms with Crippen LogP contribution in [-0.4, -0.2) is 0 Å². The average Bonchev–Trinajstić information content (AvgIpc) is 2.12. The van der Waals surface area contributed by atoms with Crippen LogP contribution in [0.1, 0.15) is 67.2 Å². The summed E-state index contributed by atoms with van der Waals surface area (Å²) in [6.07, 6.45) is 5.22. The minimum atomic E-state index is 0.517. The second-order valence-corrected chi connectivity index (χ2v) is 4.55. The first-order valence-electron chi connectivity index (χ1n) is 5.88. The molecule has 0 fully saturated rings. The zero-order valence-corrected chi connectivity index (χ0v) is 10.4. The van der Waals surface area contributed by atoms with Crippen LogP contribution in [0.3, 0.4) is 0 Å². The summed E-state index contributed by atoms with van der Waals surface area (Å²) in [5.41, 5.74) is 0.517. The molecule has 0 aliphatic heterocycles. The lowest BCUT2D eigenvalue weighted by molar-refractivity contribution is 0.172. The molecule has 0 amide bonds. The van der Waals surface area contributed by atoms with Crippen molar-refractivity contribution in [2.24, 2.45) is 11.3 Å². The normalized spacial score (nSPS) is 16.6. The fourth-order valence-corrected chi connectivity index (χ4v) is 2.68. The van der Waals surface area contributed by atoms with Crippen molar-refractivity contribution >= 4 is 0 Å². The van der Waals surface area contributed by atoms with Gasteiger partial charge < -0.3 is 0 Å². The zero-order valence-electron chi connectivity index (χ0n) is 10.4. The summed E-state index contributed by atoms with van der Waals surface area (Å²) < 4.78 is 0. The third kappa shape index (κ3) is 2.72. The first-order valence-corrected chi connectivity index (χ1v) is 5.88. The molecule has 0 nitrogen and oxygen atoms in total. The highest BCUT2D eigenvalue weighted by molar-refractivity contribution is 5.03. The molecule has 0 aliphatic carbocycles. The van der Waals surface area contributed by atoms with E-state index in [0.29, 0.717) is 5.41 Å². The Kier molecular flexibility index (Phi) is 5.67. The molecule has 13 heavy (non-hydrogen) atoms. The summed E-state index contributed by atoms with van der Waals surface area (Å²) in [5.74, 6) is 2.49. The minimum Gasteiger partial charge on any atom is -0.0654 e. The van der Waals surface area contributed by atoms with E-state index >= 15 is 0 Å². The predicted molar refractivity (Wildman–Crippen MR) is 61.7 cm³/mol. The van der Waals surface area contributed by atoms with Crippen LogP contribution in [-0.2, 0) is 0 Å². The van der Waals surface area contributed by atoms with Crippen LogP contribution >= 0.6 is 0 Å². The third-order valence-corrected chi connectivity index (χ3v) is 3.81. The van der Waals surface area contributed by atoms with E-state index in [-0.39, 0.29) is 0 Å². The van der Waals surface area contributed by atoms with Crippen LogP contribution in [0.4, 0.5) is 0 Å². The van der Waals surface area contributed by atoms with Gasteiger partial charge in [-0.05, 0) is 36.5 Å². The SMILES string of the molecule is CCCC(CC)([C](C)CC)C(C)C. The first kappa shape index (κ1) is 13.0.